The van der Waals surface area contributed by atoms with Crippen LogP contribution in [-0.4, -0.2) is 38.7 Å². The quantitative estimate of drug-likeness (QED) is 0.540. The molecule has 29 heavy (non-hydrogen) atoms. The van der Waals surface area contributed by atoms with Crippen LogP contribution < -0.4 is 10.2 Å². The van der Waals surface area contributed by atoms with Crippen molar-refractivity contribution in [3.05, 3.63) is 48.3 Å². The largest absolute Gasteiger partial charge is 0.373 e. The first-order valence-corrected chi connectivity index (χ1v) is 9.41. The second kappa shape index (κ2) is 7.06. The third-order valence-electron chi connectivity index (χ3n) is 4.47. The van der Waals surface area contributed by atoms with Crippen molar-refractivity contribution in [1.29, 1.82) is 0 Å². The van der Waals surface area contributed by atoms with E-state index in [2.05, 4.69) is 59.2 Å². The highest BCUT2D eigenvalue weighted by molar-refractivity contribution is 5.92. The summed E-state index contributed by atoms with van der Waals surface area (Å²) in [7, 11) is 3.83. The fourth-order valence-electron chi connectivity index (χ4n) is 2.99. The number of anilines is 3. The topological polar surface area (TPSA) is 71.2 Å². The van der Waals surface area contributed by atoms with Gasteiger partial charge in [0.25, 0.3) is 5.78 Å². The van der Waals surface area contributed by atoms with Crippen LogP contribution in [0.2, 0.25) is 0 Å². The van der Waals surface area contributed by atoms with E-state index in [1.165, 1.54) is 0 Å². The van der Waals surface area contributed by atoms with Gasteiger partial charge in [0.05, 0.1) is 5.39 Å². The van der Waals surface area contributed by atoms with Crippen LogP contribution in [0, 0.1) is 17.3 Å². The number of benzene rings is 1. The summed E-state index contributed by atoms with van der Waals surface area (Å²) >= 11 is 0. The lowest BCUT2D eigenvalue weighted by molar-refractivity contribution is 0.571. The average molecular weight is 385 g/mol. The normalized spacial score (nSPS) is 11.3. The Morgan fingerprint density at radius 3 is 2.69 bits per heavy atom. The smallest absolute Gasteiger partial charge is 0.258 e. The van der Waals surface area contributed by atoms with E-state index in [4.69, 9.17) is 4.98 Å². The van der Waals surface area contributed by atoms with Gasteiger partial charge in [-0.05, 0) is 51.1 Å². The highest BCUT2D eigenvalue weighted by Gasteiger charge is 2.16. The molecule has 4 aromatic rings. The van der Waals surface area contributed by atoms with Gasteiger partial charge >= 0.3 is 0 Å². The van der Waals surface area contributed by atoms with Gasteiger partial charge in [-0.1, -0.05) is 17.9 Å². The number of nitrogens with one attached hydrogen (secondary N) is 1. The zero-order valence-corrected chi connectivity index (χ0v) is 17.2. The van der Waals surface area contributed by atoms with Gasteiger partial charge in [0, 0.05) is 30.8 Å². The molecule has 0 fully saturated rings. The third-order valence-corrected chi connectivity index (χ3v) is 4.47. The van der Waals surface area contributed by atoms with Crippen LogP contribution in [0.3, 0.4) is 0 Å². The second-order valence-electron chi connectivity index (χ2n) is 7.86. The molecule has 0 spiro atoms. The first kappa shape index (κ1) is 18.7. The Balaban J connectivity index is 1.84. The SMILES string of the molecule is CNc1ccc2c(N(C)c3cccc(C#CC(C)(C)C)c3)nc3nncn3c2n1. The van der Waals surface area contributed by atoms with E-state index in [1.807, 2.05) is 49.3 Å². The molecule has 4 rings (SSSR count). The lowest BCUT2D eigenvalue weighted by atomic mass is 9.97. The van der Waals surface area contributed by atoms with Crippen LogP contribution in [0.15, 0.2) is 42.7 Å². The number of hydrogen-bond acceptors (Lipinski definition) is 6. The van der Waals surface area contributed by atoms with E-state index in [9.17, 15) is 0 Å². The Hall–Kier alpha value is -3.66. The monoisotopic (exact) mass is 385 g/mol. The van der Waals surface area contributed by atoms with Crippen molar-refractivity contribution < 1.29 is 0 Å². The summed E-state index contributed by atoms with van der Waals surface area (Å²) in [6, 6.07) is 12.1. The predicted octanol–water partition coefficient (Wildman–Crippen LogP) is 3.88. The standard InChI is InChI=1S/C22H23N7/c1-22(2,3)12-11-15-7-6-8-16(13-15)28(5)19-17-9-10-18(23-4)25-20(17)29-14-24-27-21(29)26-19/h6-10,13-14H,1-5H3,(H,23,25). The second-order valence-corrected chi connectivity index (χ2v) is 7.86. The lowest BCUT2D eigenvalue weighted by Gasteiger charge is -2.20. The van der Waals surface area contributed by atoms with Crippen molar-refractivity contribution >= 4 is 34.1 Å². The molecule has 0 saturated heterocycles. The van der Waals surface area contributed by atoms with Crippen LogP contribution in [0.1, 0.15) is 26.3 Å². The maximum absolute atomic E-state index is 4.73. The van der Waals surface area contributed by atoms with E-state index in [-0.39, 0.29) is 5.41 Å². The molecule has 0 aliphatic carbocycles. The van der Waals surface area contributed by atoms with E-state index >= 15 is 0 Å². The Morgan fingerprint density at radius 1 is 1.10 bits per heavy atom. The first-order chi connectivity index (χ1) is 13.9. The summed E-state index contributed by atoms with van der Waals surface area (Å²) in [4.78, 5) is 11.4. The molecule has 3 heterocycles. The summed E-state index contributed by atoms with van der Waals surface area (Å²) in [5.41, 5.74) is 2.65. The molecule has 3 aromatic heterocycles. The molecule has 1 N–H and O–H groups in total. The molecule has 0 bridgehead atoms. The van der Waals surface area contributed by atoms with Crippen LogP contribution in [-0.2, 0) is 0 Å². The highest BCUT2D eigenvalue weighted by Crippen LogP contribution is 2.30. The molecule has 0 atom stereocenters. The molecule has 0 aliphatic rings. The van der Waals surface area contributed by atoms with Gasteiger partial charge in [-0.3, -0.25) is 0 Å². The predicted molar refractivity (Wildman–Crippen MR) is 116 cm³/mol. The van der Waals surface area contributed by atoms with Crippen LogP contribution in [0.25, 0.3) is 16.8 Å². The van der Waals surface area contributed by atoms with Crippen molar-refractivity contribution in [1.82, 2.24) is 24.6 Å². The molecule has 146 valence electrons. The molecule has 1 aromatic carbocycles. The van der Waals surface area contributed by atoms with Crippen LogP contribution in [0.5, 0.6) is 0 Å². The van der Waals surface area contributed by atoms with Gasteiger partial charge in [0.1, 0.15) is 18.0 Å². The van der Waals surface area contributed by atoms with Gasteiger partial charge in [0.2, 0.25) is 0 Å². The van der Waals surface area contributed by atoms with E-state index in [0.717, 1.165) is 33.9 Å². The summed E-state index contributed by atoms with van der Waals surface area (Å²) in [6.45, 7) is 6.31. The molecule has 0 amide bonds. The van der Waals surface area contributed by atoms with Crippen LogP contribution in [0.4, 0.5) is 17.3 Å². The van der Waals surface area contributed by atoms with E-state index in [0.29, 0.717) is 5.78 Å². The summed E-state index contributed by atoms with van der Waals surface area (Å²) in [6.07, 6.45) is 1.63. The van der Waals surface area contributed by atoms with Crippen LogP contribution >= 0.6 is 0 Å². The van der Waals surface area contributed by atoms with E-state index in [1.54, 1.807) is 10.7 Å². The zero-order valence-electron chi connectivity index (χ0n) is 17.2. The average Bonchev–Trinajstić information content (AvgIpc) is 3.19. The maximum atomic E-state index is 4.73. The first-order valence-electron chi connectivity index (χ1n) is 9.41. The van der Waals surface area contributed by atoms with Gasteiger partial charge in [-0.25, -0.2) is 9.38 Å². The maximum Gasteiger partial charge on any atom is 0.258 e. The fourth-order valence-corrected chi connectivity index (χ4v) is 2.99. The zero-order chi connectivity index (χ0) is 20.6. The van der Waals surface area contributed by atoms with Gasteiger partial charge in [-0.15, -0.1) is 10.2 Å². The Morgan fingerprint density at radius 2 is 1.93 bits per heavy atom. The molecular weight excluding hydrogens is 362 g/mol. The van der Waals surface area contributed by atoms with Gasteiger partial charge < -0.3 is 10.2 Å². The molecule has 0 radical (unpaired) electrons. The Labute approximate surface area is 169 Å². The van der Waals surface area contributed by atoms with Crippen molar-refractivity contribution in [2.75, 3.05) is 24.3 Å². The number of fused-ring (bicyclic) bond motifs is 3. The summed E-state index contributed by atoms with van der Waals surface area (Å²) in [5.74, 6) is 8.58. The minimum Gasteiger partial charge on any atom is -0.373 e. The minimum atomic E-state index is -0.0466. The van der Waals surface area contributed by atoms with Crippen molar-refractivity contribution in [2.24, 2.45) is 5.41 Å². The Bertz CT molecular complexity index is 1260. The number of pyridine rings is 1. The molecule has 0 saturated carbocycles. The Kier molecular flexibility index (Phi) is 4.55. The lowest BCUT2D eigenvalue weighted by Crippen LogP contribution is -2.13. The molecular formula is C22H23N7. The number of hydrogen-bond donors (Lipinski definition) is 1. The minimum absolute atomic E-state index is 0.0466. The number of rotatable bonds is 3. The fraction of sp³-hybridized carbons (Fsp3) is 0.273. The molecule has 7 nitrogen and oxygen atoms in total. The van der Waals surface area contributed by atoms with Crippen molar-refractivity contribution in [2.45, 2.75) is 20.8 Å². The van der Waals surface area contributed by atoms with E-state index < -0.39 is 0 Å². The number of nitrogens with zero attached hydrogens (tertiary/aromatic N) is 6. The van der Waals surface area contributed by atoms with Crippen molar-refractivity contribution in [3.8, 4) is 11.8 Å². The number of aromatic nitrogens is 5. The highest BCUT2D eigenvalue weighted by atomic mass is 15.3. The summed E-state index contributed by atoms with van der Waals surface area (Å²) < 4.78 is 1.79. The van der Waals surface area contributed by atoms with Crippen molar-refractivity contribution in [3.63, 3.8) is 0 Å². The van der Waals surface area contributed by atoms with Gasteiger partial charge in [-0.2, -0.15) is 4.98 Å². The van der Waals surface area contributed by atoms with Gasteiger partial charge in [0.15, 0.2) is 5.65 Å². The summed E-state index contributed by atoms with van der Waals surface area (Å²) in [5, 5.41) is 12.1. The molecule has 0 aliphatic heterocycles. The molecule has 7 heteroatoms. The third kappa shape index (κ3) is 3.69. The molecule has 0 unspecified atom stereocenters.